The summed E-state index contributed by atoms with van der Waals surface area (Å²) in [5.74, 6) is 0.649. The predicted molar refractivity (Wildman–Crippen MR) is 74.0 cm³/mol. The molecule has 0 amide bonds. The van der Waals surface area contributed by atoms with Gasteiger partial charge >= 0.3 is 0 Å². The van der Waals surface area contributed by atoms with E-state index in [1.807, 2.05) is 0 Å². The molecule has 0 atom stereocenters. The quantitative estimate of drug-likeness (QED) is 0.826. The molecular formula is C13H15BrFN3O. The fourth-order valence-corrected chi connectivity index (χ4v) is 2.16. The number of aromatic nitrogens is 2. The molecule has 0 aliphatic carbocycles. The number of halogens is 2. The molecule has 0 aliphatic heterocycles. The Labute approximate surface area is 119 Å². The van der Waals surface area contributed by atoms with Crippen molar-refractivity contribution >= 4 is 15.9 Å². The van der Waals surface area contributed by atoms with E-state index < -0.39 is 0 Å². The number of unbranched alkanes of at least 4 members (excludes halogenated alkanes) is 2. The third-order valence-electron chi connectivity index (χ3n) is 2.73. The first-order valence-corrected chi connectivity index (χ1v) is 6.98. The molecule has 0 fully saturated rings. The van der Waals surface area contributed by atoms with Crippen LogP contribution in [0.1, 0.15) is 25.2 Å². The third kappa shape index (κ3) is 3.84. The summed E-state index contributed by atoms with van der Waals surface area (Å²) in [5, 5.41) is 3.88. The molecule has 0 radical (unpaired) electrons. The van der Waals surface area contributed by atoms with Crippen LogP contribution < -0.4 is 5.73 Å². The minimum Gasteiger partial charge on any atom is -0.339 e. The van der Waals surface area contributed by atoms with E-state index in [-0.39, 0.29) is 5.82 Å². The maximum absolute atomic E-state index is 13.2. The number of aryl methyl sites for hydroxylation is 1. The van der Waals surface area contributed by atoms with Crippen molar-refractivity contribution in [2.45, 2.75) is 25.7 Å². The first-order chi connectivity index (χ1) is 9.20. The fourth-order valence-electron chi connectivity index (χ4n) is 1.73. The van der Waals surface area contributed by atoms with E-state index in [4.69, 9.17) is 10.3 Å². The molecule has 0 bridgehead atoms. The summed E-state index contributed by atoms with van der Waals surface area (Å²) in [6.07, 6.45) is 3.72. The number of nitrogens with two attached hydrogens (primary N) is 1. The van der Waals surface area contributed by atoms with Crippen molar-refractivity contribution in [3.63, 3.8) is 0 Å². The molecule has 4 nitrogen and oxygen atoms in total. The highest BCUT2D eigenvalue weighted by Gasteiger charge is 2.12. The summed E-state index contributed by atoms with van der Waals surface area (Å²) in [6.45, 7) is 0.700. The largest absolute Gasteiger partial charge is 0.339 e. The second kappa shape index (κ2) is 6.77. The van der Waals surface area contributed by atoms with Gasteiger partial charge in [-0.15, -0.1) is 0 Å². The lowest BCUT2D eigenvalue weighted by Gasteiger charge is -1.98. The molecule has 1 aromatic heterocycles. The zero-order valence-corrected chi connectivity index (χ0v) is 12.0. The van der Waals surface area contributed by atoms with Crippen molar-refractivity contribution in [2.75, 3.05) is 6.54 Å². The topological polar surface area (TPSA) is 64.9 Å². The SMILES string of the molecule is NCCCCCc1nc(-c2cc(F)ccc2Br)no1. The predicted octanol–water partition coefficient (Wildman–Crippen LogP) is 3.31. The van der Waals surface area contributed by atoms with Crippen LogP contribution in [0.2, 0.25) is 0 Å². The molecule has 0 saturated heterocycles. The van der Waals surface area contributed by atoms with Gasteiger partial charge in [-0.25, -0.2) is 4.39 Å². The van der Waals surface area contributed by atoms with Gasteiger partial charge in [-0.3, -0.25) is 0 Å². The Kier molecular flexibility index (Phi) is 5.04. The Morgan fingerprint density at radius 1 is 1.26 bits per heavy atom. The Hall–Kier alpha value is -1.27. The Morgan fingerprint density at radius 3 is 2.89 bits per heavy atom. The lowest BCUT2D eigenvalue weighted by Crippen LogP contribution is -1.98. The maximum atomic E-state index is 13.2. The average Bonchev–Trinajstić information content (AvgIpc) is 2.86. The average molecular weight is 328 g/mol. The van der Waals surface area contributed by atoms with Gasteiger partial charge in [0.15, 0.2) is 0 Å². The van der Waals surface area contributed by atoms with E-state index in [0.29, 0.717) is 23.8 Å². The summed E-state index contributed by atoms with van der Waals surface area (Å²) in [7, 11) is 0. The fraction of sp³-hybridized carbons (Fsp3) is 0.385. The number of nitrogens with zero attached hydrogens (tertiary/aromatic N) is 2. The summed E-state index contributed by atoms with van der Waals surface area (Å²) >= 11 is 3.35. The summed E-state index contributed by atoms with van der Waals surface area (Å²) in [6, 6.07) is 4.39. The van der Waals surface area contributed by atoms with Crippen LogP contribution in [-0.2, 0) is 6.42 Å². The molecule has 0 saturated carbocycles. The maximum Gasteiger partial charge on any atom is 0.226 e. The van der Waals surface area contributed by atoms with Crippen LogP contribution in [-0.4, -0.2) is 16.7 Å². The third-order valence-corrected chi connectivity index (χ3v) is 3.42. The van der Waals surface area contributed by atoms with Gasteiger partial charge in [-0.05, 0) is 37.6 Å². The smallest absolute Gasteiger partial charge is 0.226 e. The van der Waals surface area contributed by atoms with E-state index in [1.165, 1.54) is 12.1 Å². The molecule has 0 aliphatic rings. The molecule has 2 rings (SSSR count). The monoisotopic (exact) mass is 327 g/mol. The van der Waals surface area contributed by atoms with Gasteiger partial charge in [0.2, 0.25) is 11.7 Å². The van der Waals surface area contributed by atoms with Gasteiger partial charge in [-0.2, -0.15) is 4.98 Å². The second-order valence-corrected chi connectivity index (χ2v) is 5.09. The van der Waals surface area contributed by atoms with E-state index in [0.717, 1.165) is 30.2 Å². The minimum absolute atomic E-state index is 0.326. The van der Waals surface area contributed by atoms with Crippen molar-refractivity contribution in [1.82, 2.24) is 10.1 Å². The summed E-state index contributed by atoms with van der Waals surface area (Å²) < 4.78 is 19.1. The Morgan fingerprint density at radius 2 is 2.11 bits per heavy atom. The van der Waals surface area contributed by atoms with Crippen LogP contribution in [0.15, 0.2) is 27.2 Å². The van der Waals surface area contributed by atoms with Gasteiger partial charge in [0.05, 0.1) is 0 Å². The standard InChI is InChI=1S/C13H15BrFN3O/c14-11-6-5-9(15)8-10(11)13-17-12(19-18-13)4-2-1-3-7-16/h5-6,8H,1-4,7,16H2. The number of hydrogen-bond acceptors (Lipinski definition) is 4. The van der Waals surface area contributed by atoms with Crippen LogP contribution >= 0.6 is 15.9 Å². The first kappa shape index (κ1) is 14.1. The van der Waals surface area contributed by atoms with Crippen molar-refractivity contribution < 1.29 is 8.91 Å². The minimum atomic E-state index is -0.326. The highest BCUT2D eigenvalue weighted by molar-refractivity contribution is 9.10. The van der Waals surface area contributed by atoms with Gasteiger partial charge in [0.25, 0.3) is 0 Å². The Bertz CT molecular complexity index is 544. The van der Waals surface area contributed by atoms with Crippen LogP contribution in [0.3, 0.4) is 0 Å². The molecule has 2 aromatic rings. The van der Waals surface area contributed by atoms with E-state index in [1.54, 1.807) is 6.07 Å². The van der Waals surface area contributed by atoms with E-state index in [2.05, 4.69) is 26.1 Å². The lowest BCUT2D eigenvalue weighted by molar-refractivity contribution is 0.374. The van der Waals surface area contributed by atoms with Gasteiger partial charge < -0.3 is 10.3 Å². The van der Waals surface area contributed by atoms with Gasteiger partial charge in [0.1, 0.15) is 5.82 Å². The van der Waals surface area contributed by atoms with Crippen LogP contribution in [0.5, 0.6) is 0 Å². The van der Waals surface area contributed by atoms with Crippen molar-refractivity contribution in [2.24, 2.45) is 5.73 Å². The zero-order valence-electron chi connectivity index (χ0n) is 10.4. The number of rotatable bonds is 6. The zero-order chi connectivity index (χ0) is 13.7. The van der Waals surface area contributed by atoms with Gasteiger partial charge in [-0.1, -0.05) is 27.5 Å². The molecular weight excluding hydrogens is 313 g/mol. The Balaban J connectivity index is 2.06. The van der Waals surface area contributed by atoms with Crippen LogP contribution in [0.4, 0.5) is 4.39 Å². The van der Waals surface area contributed by atoms with Crippen molar-refractivity contribution in [1.29, 1.82) is 0 Å². The molecule has 1 aromatic carbocycles. The molecule has 19 heavy (non-hydrogen) atoms. The first-order valence-electron chi connectivity index (χ1n) is 6.19. The number of hydrogen-bond donors (Lipinski definition) is 1. The molecule has 0 unspecified atom stereocenters. The van der Waals surface area contributed by atoms with Crippen molar-refractivity contribution in [3.05, 3.63) is 34.4 Å². The normalized spacial score (nSPS) is 10.9. The molecule has 6 heteroatoms. The number of benzene rings is 1. The van der Waals surface area contributed by atoms with E-state index in [9.17, 15) is 4.39 Å². The highest BCUT2D eigenvalue weighted by Crippen LogP contribution is 2.26. The van der Waals surface area contributed by atoms with Gasteiger partial charge in [0, 0.05) is 16.5 Å². The summed E-state index contributed by atoms with van der Waals surface area (Å²) in [5.41, 5.74) is 6.02. The molecule has 1 heterocycles. The summed E-state index contributed by atoms with van der Waals surface area (Å²) in [4.78, 5) is 4.27. The van der Waals surface area contributed by atoms with Crippen LogP contribution in [0, 0.1) is 5.82 Å². The highest BCUT2D eigenvalue weighted by atomic mass is 79.9. The second-order valence-electron chi connectivity index (χ2n) is 4.24. The molecule has 2 N–H and O–H groups in total. The van der Waals surface area contributed by atoms with Crippen LogP contribution in [0.25, 0.3) is 11.4 Å². The molecule has 102 valence electrons. The van der Waals surface area contributed by atoms with E-state index >= 15 is 0 Å². The lowest BCUT2D eigenvalue weighted by atomic mass is 10.2. The van der Waals surface area contributed by atoms with Crippen molar-refractivity contribution in [3.8, 4) is 11.4 Å². The molecule has 0 spiro atoms.